The standard InChI is InChI=1S/C13H25NO/c1-5-11(2)10-12(15)6-7-13(3,4)8-9-14/h2,5-10,14H2,1,3-4H3. The Kier molecular flexibility index (Phi) is 6.50. The van der Waals surface area contributed by atoms with E-state index >= 15 is 0 Å². The summed E-state index contributed by atoms with van der Waals surface area (Å²) in [5.74, 6) is 0.312. The summed E-state index contributed by atoms with van der Waals surface area (Å²) < 4.78 is 0. The lowest BCUT2D eigenvalue weighted by molar-refractivity contribution is -0.119. The van der Waals surface area contributed by atoms with Crippen LogP contribution in [0.4, 0.5) is 0 Å². The van der Waals surface area contributed by atoms with Crippen LogP contribution in [0.2, 0.25) is 0 Å². The van der Waals surface area contributed by atoms with E-state index < -0.39 is 0 Å². The van der Waals surface area contributed by atoms with Crippen molar-refractivity contribution in [1.82, 2.24) is 0 Å². The highest BCUT2D eigenvalue weighted by Crippen LogP contribution is 2.26. The van der Waals surface area contributed by atoms with E-state index in [1.807, 2.05) is 6.92 Å². The number of nitrogens with two attached hydrogens (primary N) is 1. The number of Topliss-reactive ketones (excluding diaryl/α,β-unsaturated/α-hetero) is 1. The predicted octanol–water partition coefficient (Wildman–Crippen LogP) is 3.07. The molecule has 0 aromatic rings. The van der Waals surface area contributed by atoms with Crippen molar-refractivity contribution in [3.8, 4) is 0 Å². The summed E-state index contributed by atoms with van der Waals surface area (Å²) in [5.41, 5.74) is 6.76. The van der Waals surface area contributed by atoms with E-state index in [4.69, 9.17) is 5.73 Å². The van der Waals surface area contributed by atoms with Gasteiger partial charge < -0.3 is 5.73 Å². The second-order valence-corrected chi connectivity index (χ2v) is 5.02. The minimum Gasteiger partial charge on any atom is -0.330 e. The molecule has 0 amide bonds. The molecular weight excluding hydrogens is 186 g/mol. The molecule has 0 unspecified atom stereocenters. The van der Waals surface area contributed by atoms with Crippen LogP contribution in [0.15, 0.2) is 12.2 Å². The fourth-order valence-electron chi connectivity index (χ4n) is 1.49. The molecule has 0 atom stereocenters. The summed E-state index contributed by atoms with van der Waals surface area (Å²) in [6.45, 7) is 10.9. The van der Waals surface area contributed by atoms with Gasteiger partial charge in [0.2, 0.25) is 0 Å². The zero-order valence-corrected chi connectivity index (χ0v) is 10.4. The van der Waals surface area contributed by atoms with Crippen molar-refractivity contribution in [1.29, 1.82) is 0 Å². The second kappa shape index (κ2) is 6.78. The Morgan fingerprint density at radius 3 is 2.40 bits per heavy atom. The van der Waals surface area contributed by atoms with Crippen LogP contribution in [0.25, 0.3) is 0 Å². The highest BCUT2D eigenvalue weighted by Gasteiger charge is 2.18. The molecular formula is C13H25NO. The van der Waals surface area contributed by atoms with Crippen molar-refractivity contribution >= 4 is 5.78 Å². The van der Waals surface area contributed by atoms with Gasteiger partial charge in [-0.2, -0.15) is 0 Å². The van der Waals surface area contributed by atoms with Gasteiger partial charge in [0.05, 0.1) is 0 Å². The highest BCUT2D eigenvalue weighted by molar-refractivity contribution is 5.80. The topological polar surface area (TPSA) is 43.1 Å². The number of hydrogen-bond donors (Lipinski definition) is 1. The van der Waals surface area contributed by atoms with Crippen molar-refractivity contribution in [3.63, 3.8) is 0 Å². The third-order valence-electron chi connectivity index (χ3n) is 2.85. The fraction of sp³-hybridized carbons (Fsp3) is 0.769. The number of carbonyl (C=O) groups excluding carboxylic acids is 1. The van der Waals surface area contributed by atoms with Gasteiger partial charge in [-0.25, -0.2) is 0 Å². The number of ketones is 1. The molecule has 0 aliphatic rings. The first-order valence-electron chi connectivity index (χ1n) is 5.79. The van der Waals surface area contributed by atoms with Gasteiger partial charge in [-0.05, 0) is 31.2 Å². The average molecular weight is 211 g/mol. The molecule has 2 nitrogen and oxygen atoms in total. The quantitative estimate of drug-likeness (QED) is 0.627. The molecule has 0 aromatic heterocycles. The van der Waals surface area contributed by atoms with Crippen LogP contribution in [0, 0.1) is 5.41 Å². The molecule has 15 heavy (non-hydrogen) atoms. The van der Waals surface area contributed by atoms with E-state index in [9.17, 15) is 4.79 Å². The number of rotatable bonds is 8. The van der Waals surface area contributed by atoms with Crippen LogP contribution in [0.5, 0.6) is 0 Å². The molecule has 0 spiro atoms. The maximum atomic E-state index is 11.6. The van der Waals surface area contributed by atoms with Gasteiger partial charge in [0.1, 0.15) is 5.78 Å². The largest absolute Gasteiger partial charge is 0.330 e. The van der Waals surface area contributed by atoms with Gasteiger partial charge in [-0.3, -0.25) is 4.79 Å². The minimum absolute atomic E-state index is 0.192. The molecule has 2 N–H and O–H groups in total. The first kappa shape index (κ1) is 14.4. The second-order valence-electron chi connectivity index (χ2n) is 5.02. The first-order chi connectivity index (χ1) is 6.91. The summed E-state index contributed by atoms with van der Waals surface area (Å²) in [4.78, 5) is 11.6. The Balaban J connectivity index is 3.84. The first-order valence-corrected chi connectivity index (χ1v) is 5.79. The fourth-order valence-corrected chi connectivity index (χ4v) is 1.49. The van der Waals surface area contributed by atoms with Crippen molar-refractivity contribution in [2.75, 3.05) is 6.54 Å². The zero-order valence-electron chi connectivity index (χ0n) is 10.4. The maximum absolute atomic E-state index is 11.6. The Labute approximate surface area is 93.9 Å². The van der Waals surface area contributed by atoms with Gasteiger partial charge in [0, 0.05) is 12.8 Å². The summed E-state index contributed by atoms with van der Waals surface area (Å²) >= 11 is 0. The van der Waals surface area contributed by atoms with Crippen molar-refractivity contribution in [3.05, 3.63) is 12.2 Å². The molecule has 0 rings (SSSR count). The minimum atomic E-state index is 0.192. The molecule has 0 radical (unpaired) electrons. The molecule has 0 aliphatic carbocycles. The summed E-state index contributed by atoms with van der Waals surface area (Å²) in [6, 6.07) is 0. The normalized spacial score (nSPS) is 11.5. The molecule has 0 bridgehead atoms. The van der Waals surface area contributed by atoms with E-state index in [1.165, 1.54) is 0 Å². The summed E-state index contributed by atoms with van der Waals surface area (Å²) in [5, 5.41) is 0. The van der Waals surface area contributed by atoms with Crippen molar-refractivity contribution < 1.29 is 4.79 Å². The van der Waals surface area contributed by atoms with E-state index in [1.54, 1.807) is 0 Å². The lowest BCUT2D eigenvalue weighted by Crippen LogP contribution is -2.18. The lowest BCUT2D eigenvalue weighted by Gasteiger charge is -2.23. The van der Waals surface area contributed by atoms with Crippen LogP contribution < -0.4 is 5.73 Å². The Bertz CT molecular complexity index is 219. The molecule has 0 aromatic carbocycles. The van der Waals surface area contributed by atoms with Gasteiger partial charge in [-0.15, -0.1) is 0 Å². The Morgan fingerprint density at radius 2 is 1.93 bits per heavy atom. The Hall–Kier alpha value is -0.630. The monoisotopic (exact) mass is 211 g/mol. The van der Waals surface area contributed by atoms with E-state index in [0.717, 1.165) is 24.8 Å². The van der Waals surface area contributed by atoms with E-state index in [0.29, 0.717) is 25.2 Å². The van der Waals surface area contributed by atoms with Crippen LogP contribution in [0.3, 0.4) is 0 Å². The summed E-state index contributed by atoms with van der Waals surface area (Å²) in [6.07, 6.45) is 4.02. The van der Waals surface area contributed by atoms with Crippen molar-refractivity contribution in [2.45, 2.75) is 52.9 Å². The number of hydrogen-bond acceptors (Lipinski definition) is 2. The molecule has 0 aliphatic heterocycles. The van der Waals surface area contributed by atoms with Crippen molar-refractivity contribution in [2.24, 2.45) is 11.1 Å². The van der Waals surface area contributed by atoms with Gasteiger partial charge in [0.25, 0.3) is 0 Å². The van der Waals surface area contributed by atoms with Gasteiger partial charge in [0.15, 0.2) is 0 Å². The lowest BCUT2D eigenvalue weighted by atomic mass is 9.83. The third-order valence-corrected chi connectivity index (χ3v) is 2.85. The molecule has 0 heterocycles. The van der Waals surface area contributed by atoms with Crippen LogP contribution in [-0.2, 0) is 4.79 Å². The van der Waals surface area contributed by atoms with Crippen LogP contribution in [-0.4, -0.2) is 12.3 Å². The number of allylic oxidation sites excluding steroid dienone is 1. The smallest absolute Gasteiger partial charge is 0.136 e. The number of carbonyl (C=O) groups is 1. The summed E-state index contributed by atoms with van der Waals surface area (Å²) in [7, 11) is 0. The third kappa shape index (κ3) is 7.32. The van der Waals surface area contributed by atoms with Crippen LogP contribution in [0.1, 0.15) is 52.9 Å². The van der Waals surface area contributed by atoms with E-state index in [-0.39, 0.29) is 5.41 Å². The SMILES string of the molecule is C=C(CC)CC(=O)CCC(C)(C)CCN. The molecule has 2 heteroatoms. The molecule has 0 saturated heterocycles. The van der Waals surface area contributed by atoms with E-state index in [2.05, 4.69) is 20.4 Å². The molecule has 0 fully saturated rings. The molecule has 88 valence electrons. The average Bonchev–Trinajstić information content (AvgIpc) is 2.15. The van der Waals surface area contributed by atoms with Crippen LogP contribution >= 0.6 is 0 Å². The highest BCUT2D eigenvalue weighted by atomic mass is 16.1. The van der Waals surface area contributed by atoms with Gasteiger partial charge >= 0.3 is 0 Å². The Morgan fingerprint density at radius 1 is 1.33 bits per heavy atom. The van der Waals surface area contributed by atoms with Gasteiger partial charge in [-0.1, -0.05) is 32.9 Å². The maximum Gasteiger partial charge on any atom is 0.136 e. The predicted molar refractivity (Wildman–Crippen MR) is 65.7 cm³/mol. The molecule has 0 saturated carbocycles. The zero-order chi connectivity index (χ0) is 11.9.